The first kappa shape index (κ1) is 14.9. The molecule has 0 heterocycles. The Balaban J connectivity index is 1.92. The third kappa shape index (κ3) is 2.00. The summed E-state index contributed by atoms with van der Waals surface area (Å²) in [4.78, 5) is 0. The van der Waals surface area contributed by atoms with Crippen LogP contribution in [-0.4, -0.2) is 0 Å². The Morgan fingerprint density at radius 1 is 0.850 bits per heavy atom. The zero-order chi connectivity index (χ0) is 14.8. The Kier molecular flexibility index (Phi) is 3.35. The molecule has 3 fully saturated rings. The van der Waals surface area contributed by atoms with E-state index in [9.17, 15) is 0 Å². The fourth-order valence-electron chi connectivity index (χ4n) is 7.05. The number of rotatable bonds is 1. The van der Waals surface area contributed by atoms with E-state index in [-0.39, 0.29) is 0 Å². The standard InChI is InChI=1S/C20H36/c1-14(2)15-8-9-16-19(5,12-15)13-17-18(3,4)10-7-11-20(16,17)6/h14-17H,7-13H2,1-6H3. The van der Waals surface area contributed by atoms with E-state index in [0.717, 1.165) is 23.7 Å². The van der Waals surface area contributed by atoms with Crippen molar-refractivity contribution < 1.29 is 0 Å². The molecule has 0 amide bonds. The lowest BCUT2D eigenvalue weighted by molar-refractivity contribution is -0.0222. The first-order valence-corrected chi connectivity index (χ1v) is 9.19. The van der Waals surface area contributed by atoms with Gasteiger partial charge in [-0.05, 0) is 78.4 Å². The molecule has 0 aromatic rings. The Morgan fingerprint density at radius 2 is 1.55 bits per heavy atom. The average Bonchev–Trinajstić information content (AvgIpc) is 2.58. The Labute approximate surface area is 127 Å². The Hall–Kier alpha value is 0. The fraction of sp³-hybridized carbons (Fsp3) is 1.00. The first-order chi connectivity index (χ1) is 9.19. The summed E-state index contributed by atoms with van der Waals surface area (Å²) in [7, 11) is 0. The maximum absolute atomic E-state index is 2.67. The lowest BCUT2D eigenvalue weighted by atomic mass is 9.53. The topological polar surface area (TPSA) is 0 Å². The Morgan fingerprint density at radius 3 is 2.20 bits per heavy atom. The quantitative estimate of drug-likeness (QED) is 0.527. The molecule has 3 saturated carbocycles. The van der Waals surface area contributed by atoms with Crippen LogP contribution in [0.1, 0.15) is 86.5 Å². The van der Waals surface area contributed by atoms with E-state index in [2.05, 4.69) is 41.5 Å². The molecule has 0 nitrogen and oxygen atoms in total. The van der Waals surface area contributed by atoms with Gasteiger partial charge in [0.1, 0.15) is 0 Å². The van der Waals surface area contributed by atoms with Crippen molar-refractivity contribution in [2.45, 2.75) is 86.5 Å². The zero-order valence-corrected chi connectivity index (χ0v) is 14.8. The van der Waals surface area contributed by atoms with Gasteiger partial charge in [-0.1, -0.05) is 48.0 Å². The highest BCUT2D eigenvalue weighted by Gasteiger charge is 2.62. The molecule has 0 bridgehead atoms. The maximum Gasteiger partial charge on any atom is -0.0259 e. The molecule has 3 aliphatic rings. The van der Waals surface area contributed by atoms with Crippen LogP contribution < -0.4 is 0 Å². The minimum absolute atomic E-state index is 0.584. The number of hydrogen-bond donors (Lipinski definition) is 0. The summed E-state index contributed by atoms with van der Waals surface area (Å²) in [5.74, 6) is 3.86. The lowest BCUT2D eigenvalue weighted by Crippen LogP contribution is -2.43. The fourth-order valence-corrected chi connectivity index (χ4v) is 7.05. The number of hydrogen-bond acceptors (Lipinski definition) is 0. The van der Waals surface area contributed by atoms with Gasteiger partial charge in [0, 0.05) is 0 Å². The molecule has 0 aromatic carbocycles. The second-order valence-corrected chi connectivity index (χ2v) is 10.1. The van der Waals surface area contributed by atoms with E-state index in [1.165, 1.54) is 44.9 Å². The molecule has 0 N–H and O–H groups in total. The van der Waals surface area contributed by atoms with Crippen molar-refractivity contribution in [3.63, 3.8) is 0 Å². The summed E-state index contributed by atoms with van der Waals surface area (Å²) < 4.78 is 0. The van der Waals surface area contributed by atoms with Crippen molar-refractivity contribution >= 4 is 0 Å². The SMILES string of the molecule is CC(C)C1CCC2C(C)(C1)CC1C(C)(C)CCCC12C. The monoisotopic (exact) mass is 276 g/mol. The highest BCUT2D eigenvalue weighted by molar-refractivity contribution is 5.12. The third-order valence-electron chi connectivity index (χ3n) is 8.08. The molecule has 0 aromatic heterocycles. The highest BCUT2D eigenvalue weighted by atomic mass is 14.7. The van der Waals surface area contributed by atoms with Crippen LogP contribution in [0, 0.1) is 39.9 Å². The molecule has 0 spiro atoms. The summed E-state index contributed by atoms with van der Waals surface area (Å²) in [5.41, 5.74) is 1.88. The van der Waals surface area contributed by atoms with Crippen LogP contribution >= 0.6 is 0 Å². The molecular weight excluding hydrogens is 240 g/mol. The molecule has 0 aliphatic heterocycles. The van der Waals surface area contributed by atoms with Gasteiger partial charge in [-0.15, -0.1) is 0 Å². The van der Waals surface area contributed by atoms with E-state index in [1.54, 1.807) is 0 Å². The molecule has 3 rings (SSSR count). The summed E-state index contributed by atoms with van der Waals surface area (Å²) >= 11 is 0. The lowest BCUT2D eigenvalue weighted by Gasteiger charge is -2.51. The summed E-state index contributed by atoms with van der Waals surface area (Å²) in [6.45, 7) is 15.4. The molecule has 5 unspecified atom stereocenters. The highest BCUT2D eigenvalue weighted by Crippen LogP contribution is 2.71. The van der Waals surface area contributed by atoms with E-state index in [4.69, 9.17) is 0 Å². The van der Waals surface area contributed by atoms with Crippen molar-refractivity contribution in [3.8, 4) is 0 Å². The van der Waals surface area contributed by atoms with Crippen LogP contribution in [0.3, 0.4) is 0 Å². The molecular formula is C20H36. The van der Waals surface area contributed by atoms with Gasteiger partial charge in [0.2, 0.25) is 0 Å². The molecule has 20 heavy (non-hydrogen) atoms. The van der Waals surface area contributed by atoms with Crippen molar-refractivity contribution in [1.29, 1.82) is 0 Å². The second-order valence-electron chi connectivity index (χ2n) is 10.1. The van der Waals surface area contributed by atoms with E-state index >= 15 is 0 Å². The van der Waals surface area contributed by atoms with Crippen LogP contribution in [0.15, 0.2) is 0 Å². The molecule has 0 radical (unpaired) electrons. The van der Waals surface area contributed by atoms with E-state index < -0.39 is 0 Å². The normalized spacial score (nSPS) is 50.9. The van der Waals surface area contributed by atoms with Gasteiger partial charge >= 0.3 is 0 Å². The van der Waals surface area contributed by atoms with Gasteiger partial charge in [-0.25, -0.2) is 0 Å². The summed E-state index contributed by atoms with van der Waals surface area (Å²) in [5, 5.41) is 0. The molecule has 116 valence electrons. The number of fused-ring (bicyclic) bond motifs is 3. The maximum atomic E-state index is 2.67. The molecule has 3 aliphatic carbocycles. The summed E-state index contributed by atoms with van der Waals surface area (Å²) in [6.07, 6.45) is 10.5. The van der Waals surface area contributed by atoms with Crippen LogP contribution in [0.5, 0.6) is 0 Å². The van der Waals surface area contributed by atoms with Crippen LogP contribution in [-0.2, 0) is 0 Å². The second kappa shape index (κ2) is 4.50. The van der Waals surface area contributed by atoms with Gasteiger partial charge in [-0.2, -0.15) is 0 Å². The zero-order valence-electron chi connectivity index (χ0n) is 14.8. The Bertz CT molecular complexity index is 379. The van der Waals surface area contributed by atoms with Crippen molar-refractivity contribution in [3.05, 3.63) is 0 Å². The summed E-state index contributed by atoms with van der Waals surface area (Å²) in [6, 6.07) is 0. The van der Waals surface area contributed by atoms with E-state index in [1.807, 2.05) is 0 Å². The van der Waals surface area contributed by atoms with Crippen LogP contribution in [0.4, 0.5) is 0 Å². The molecule has 0 saturated heterocycles. The van der Waals surface area contributed by atoms with Gasteiger partial charge in [0.15, 0.2) is 0 Å². The average molecular weight is 277 g/mol. The minimum Gasteiger partial charge on any atom is -0.0625 e. The van der Waals surface area contributed by atoms with Gasteiger partial charge in [0.05, 0.1) is 0 Å². The van der Waals surface area contributed by atoms with Crippen LogP contribution in [0.2, 0.25) is 0 Å². The largest absolute Gasteiger partial charge is 0.0625 e. The van der Waals surface area contributed by atoms with Crippen molar-refractivity contribution in [1.82, 2.24) is 0 Å². The first-order valence-electron chi connectivity index (χ1n) is 9.19. The van der Waals surface area contributed by atoms with Gasteiger partial charge in [-0.3, -0.25) is 0 Å². The van der Waals surface area contributed by atoms with Crippen LogP contribution in [0.25, 0.3) is 0 Å². The molecule has 0 heteroatoms. The van der Waals surface area contributed by atoms with E-state index in [0.29, 0.717) is 16.2 Å². The van der Waals surface area contributed by atoms with Crippen molar-refractivity contribution in [2.24, 2.45) is 39.9 Å². The predicted molar refractivity (Wildman–Crippen MR) is 87.6 cm³/mol. The predicted octanol–water partition coefficient (Wildman–Crippen LogP) is 6.30. The van der Waals surface area contributed by atoms with Gasteiger partial charge in [0.25, 0.3) is 0 Å². The minimum atomic E-state index is 0.584. The van der Waals surface area contributed by atoms with Crippen molar-refractivity contribution in [2.75, 3.05) is 0 Å². The third-order valence-corrected chi connectivity index (χ3v) is 8.08. The molecule has 5 atom stereocenters. The smallest absolute Gasteiger partial charge is 0.0259 e. The van der Waals surface area contributed by atoms with Gasteiger partial charge < -0.3 is 0 Å².